The van der Waals surface area contributed by atoms with Crippen molar-refractivity contribution in [3.05, 3.63) is 45.1 Å². The van der Waals surface area contributed by atoms with Crippen LogP contribution in [0.15, 0.2) is 29.1 Å². The van der Waals surface area contributed by atoms with E-state index in [1.807, 2.05) is 12.1 Å². The van der Waals surface area contributed by atoms with Gasteiger partial charge in [-0.05, 0) is 30.5 Å². The fourth-order valence-electron chi connectivity index (χ4n) is 3.42. The van der Waals surface area contributed by atoms with Crippen LogP contribution in [0.3, 0.4) is 0 Å². The first-order valence-corrected chi connectivity index (χ1v) is 9.84. The molecule has 0 amide bonds. The summed E-state index contributed by atoms with van der Waals surface area (Å²) in [5.41, 5.74) is 1.43. The Morgan fingerprint density at radius 2 is 2.04 bits per heavy atom. The molecule has 1 aromatic carbocycles. The second-order valence-corrected chi connectivity index (χ2v) is 7.90. The van der Waals surface area contributed by atoms with Crippen LogP contribution in [0.2, 0.25) is 0 Å². The largest absolute Gasteiger partial charge is 0.458 e. The maximum Gasteiger partial charge on any atom is 0.320 e. The minimum absolute atomic E-state index is 0.000744. The molecule has 0 spiro atoms. The Bertz CT molecular complexity index is 1080. The van der Waals surface area contributed by atoms with Crippen molar-refractivity contribution in [3.63, 3.8) is 0 Å². The zero-order valence-corrected chi connectivity index (χ0v) is 15.9. The number of rotatable bonds is 6. The molecule has 0 saturated heterocycles. The van der Waals surface area contributed by atoms with Crippen LogP contribution < -0.4 is 14.9 Å². The molecule has 0 bridgehead atoms. The van der Waals surface area contributed by atoms with Gasteiger partial charge in [-0.1, -0.05) is 36.3 Å². The summed E-state index contributed by atoms with van der Waals surface area (Å²) in [7, 11) is 0. The number of benzene rings is 1. The predicted molar refractivity (Wildman–Crippen MR) is 105 cm³/mol. The van der Waals surface area contributed by atoms with E-state index < -0.39 is 5.54 Å². The van der Waals surface area contributed by atoms with Gasteiger partial charge in [0.15, 0.2) is 11.5 Å². The molecule has 28 heavy (non-hydrogen) atoms. The summed E-state index contributed by atoms with van der Waals surface area (Å²) in [6, 6.07) is 9.27. The van der Waals surface area contributed by atoms with Crippen LogP contribution in [0.4, 0.5) is 5.82 Å². The molecule has 0 aliphatic heterocycles. The van der Waals surface area contributed by atoms with E-state index in [9.17, 15) is 9.90 Å². The first-order valence-electron chi connectivity index (χ1n) is 9.03. The number of aliphatic hydroxyl groups excluding tert-OH is 1. The van der Waals surface area contributed by atoms with E-state index >= 15 is 0 Å². The van der Waals surface area contributed by atoms with Crippen molar-refractivity contribution in [3.8, 4) is 12.1 Å². The van der Waals surface area contributed by atoms with Crippen molar-refractivity contribution in [2.75, 3.05) is 11.9 Å². The minimum Gasteiger partial charge on any atom is -0.458 e. The summed E-state index contributed by atoms with van der Waals surface area (Å²) >= 11 is 1.03. The van der Waals surface area contributed by atoms with Crippen molar-refractivity contribution in [2.45, 2.75) is 37.8 Å². The van der Waals surface area contributed by atoms with Crippen LogP contribution in [0.5, 0.6) is 6.01 Å². The Labute approximate surface area is 164 Å². The van der Waals surface area contributed by atoms with Crippen molar-refractivity contribution in [2.24, 2.45) is 0 Å². The number of nitriles is 1. The lowest BCUT2D eigenvalue weighted by Gasteiger charge is -2.28. The molecule has 8 nitrogen and oxygen atoms in total. The second-order valence-electron chi connectivity index (χ2n) is 6.91. The summed E-state index contributed by atoms with van der Waals surface area (Å²) in [6.45, 7) is 0.232. The third kappa shape index (κ3) is 3.69. The summed E-state index contributed by atoms with van der Waals surface area (Å²) in [5.74, 6) is 0.499. The lowest BCUT2D eigenvalue weighted by Crippen LogP contribution is -2.39. The van der Waals surface area contributed by atoms with E-state index in [1.54, 1.807) is 12.1 Å². The number of aromatic nitrogens is 3. The topological polar surface area (TPSA) is 124 Å². The van der Waals surface area contributed by atoms with Gasteiger partial charge in [-0.25, -0.2) is 0 Å². The third-order valence-corrected chi connectivity index (χ3v) is 5.84. The third-order valence-electron chi connectivity index (χ3n) is 4.96. The van der Waals surface area contributed by atoms with Gasteiger partial charge < -0.3 is 15.2 Å². The lowest BCUT2D eigenvalue weighted by atomic mass is 9.99. The van der Waals surface area contributed by atoms with Crippen LogP contribution in [0, 0.1) is 11.3 Å². The van der Waals surface area contributed by atoms with Gasteiger partial charge in [-0.2, -0.15) is 15.2 Å². The first-order chi connectivity index (χ1) is 13.6. The van der Waals surface area contributed by atoms with E-state index in [0.29, 0.717) is 21.7 Å². The zero-order valence-electron chi connectivity index (χ0n) is 15.1. The Morgan fingerprint density at radius 1 is 1.29 bits per heavy atom. The van der Waals surface area contributed by atoms with E-state index in [1.165, 1.54) is 0 Å². The van der Waals surface area contributed by atoms with Crippen molar-refractivity contribution < 1.29 is 9.84 Å². The molecule has 2 aromatic heterocycles. The van der Waals surface area contributed by atoms with Crippen LogP contribution in [-0.2, 0) is 6.61 Å². The maximum atomic E-state index is 11.8. The molecule has 144 valence electrons. The number of aromatic amines is 1. The van der Waals surface area contributed by atoms with E-state index in [2.05, 4.69) is 26.3 Å². The fourth-order valence-corrected chi connectivity index (χ4v) is 4.14. The number of nitrogens with one attached hydrogen (secondary N) is 2. The van der Waals surface area contributed by atoms with Gasteiger partial charge in [0.05, 0.1) is 23.8 Å². The molecule has 0 atom stereocenters. The van der Waals surface area contributed by atoms with Gasteiger partial charge in [0, 0.05) is 0 Å². The summed E-state index contributed by atoms with van der Waals surface area (Å²) in [5, 5.41) is 22.1. The number of ether oxygens (including phenoxy) is 1. The molecule has 4 rings (SSSR count). The molecule has 3 N–H and O–H groups in total. The lowest BCUT2D eigenvalue weighted by molar-refractivity contribution is 0.213. The number of hydrogen-bond acceptors (Lipinski definition) is 8. The maximum absolute atomic E-state index is 11.8. The Morgan fingerprint density at radius 3 is 2.71 bits per heavy atom. The van der Waals surface area contributed by atoms with Crippen molar-refractivity contribution >= 4 is 27.5 Å². The predicted octanol–water partition coefficient (Wildman–Crippen LogP) is 2.55. The van der Waals surface area contributed by atoms with E-state index in [4.69, 9.17) is 10.00 Å². The summed E-state index contributed by atoms with van der Waals surface area (Å²) in [4.78, 5) is 23.1. The molecule has 9 heteroatoms. The monoisotopic (exact) mass is 397 g/mol. The highest BCUT2D eigenvalue weighted by Crippen LogP contribution is 2.35. The smallest absolute Gasteiger partial charge is 0.320 e. The average molecular weight is 397 g/mol. The minimum atomic E-state index is -0.432. The first kappa shape index (κ1) is 18.4. The standard InChI is InChI=1S/C19H19N5O3S/c20-9-12-3-5-13(6-4-12)10-27-17-21-15-14(28-18(26)23-15)16(22-17)24-19(11-25)7-1-2-8-19/h3-6,25H,1-2,7-8,10-11H2,(H2,21,22,23,24,26). The Kier molecular flexibility index (Phi) is 4.98. The highest BCUT2D eigenvalue weighted by atomic mass is 32.1. The molecule has 0 unspecified atom stereocenters. The number of thiazole rings is 1. The molecule has 3 aromatic rings. The molecule has 1 aliphatic carbocycles. The fraction of sp³-hybridized carbons (Fsp3) is 0.368. The van der Waals surface area contributed by atoms with Gasteiger partial charge in [0.2, 0.25) is 0 Å². The summed E-state index contributed by atoms with van der Waals surface area (Å²) < 4.78 is 6.35. The molecule has 1 fully saturated rings. The number of anilines is 1. The second kappa shape index (κ2) is 7.58. The quantitative estimate of drug-likeness (QED) is 0.584. The van der Waals surface area contributed by atoms with Crippen LogP contribution in [0.1, 0.15) is 36.8 Å². The van der Waals surface area contributed by atoms with Gasteiger partial charge in [0.1, 0.15) is 11.3 Å². The molecule has 1 saturated carbocycles. The highest BCUT2D eigenvalue weighted by molar-refractivity contribution is 7.17. The number of hydrogen-bond donors (Lipinski definition) is 3. The van der Waals surface area contributed by atoms with Gasteiger partial charge in [-0.3, -0.25) is 9.78 Å². The molecule has 0 radical (unpaired) electrons. The Hall–Kier alpha value is -2.96. The van der Waals surface area contributed by atoms with E-state index in [0.717, 1.165) is 42.6 Å². The molecule has 1 aliphatic rings. The molecular formula is C19H19N5O3S. The number of nitrogens with zero attached hydrogens (tertiary/aromatic N) is 3. The van der Waals surface area contributed by atoms with E-state index in [-0.39, 0.29) is 24.1 Å². The highest BCUT2D eigenvalue weighted by Gasteiger charge is 2.34. The van der Waals surface area contributed by atoms with Crippen molar-refractivity contribution in [1.29, 1.82) is 5.26 Å². The molecule has 2 heterocycles. The molecular weight excluding hydrogens is 378 g/mol. The van der Waals surface area contributed by atoms with Crippen LogP contribution >= 0.6 is 11.3 Å². The normalized spacial score (nSPS) is 15.4. The SMILES string of the molecule is N#Cc1ccc(COc2nc(NC3(CO)CCCC3)c3sc(=O)[nH]c3n2)cc1. The van der Waals surface area contributed by atoms with Crippen LogP contribution in [-0.4, -0.2) is 32.2 Å². The van der Waals surface area contributed by atoms with Gasteiger partial charge in [0.25, 0.3) is 0 Å². The van der Waals surface area contributed by atoms with Crippen molar-refractivity contribution in [1.82, 2.24) is 15.0 Å². The summed E-state index contributed by atoms with van der Waals surface area (Å²) in [6.07, 6.45) is 3.76. The van der Waals surface area contributed by atoms with Gasteiger partial charge >= 0.3 is 10.9 Å². The van der Waals surface area contributed by atoms with Crippen LogP contribution in [0.25, 0.3) is 10.3 Å². The number of H-pyrrole nitrogens is 1. The zero-order chi connectivity index (χ0) is 19.6. The number of aliphatic hydroxyl groups is 1. The number of fused-ring (bicyclic) bond motifs is 1. The van der Waals surface area contributed by atoms with Gasteiger partial charge in [-0.15, -0.1) is 0 Å². The average Bonchev–Trinajstić information content (AvgIpc) is 3.33. The Balaban J connectivity index is 1.61.